The van der Waals surface area contributed by atoms with Gasteiger partial charge in [-0.3, -0.25) is 4.98 Å². The van der Waals surface area contributed by atoms with E-state index in [9.17, 15) is 0 Å². The van der Waals surface area contributed by atoms with Gasteiger partial charge in [0.05, 0.1) is 11.3 Å². The first kappa shape index (κ1) is 14.4. The van der Waals surface area contributed by atoms with E-state index in [1.165, 1.54) is 29.2 Å². The average molecular weight is 292 g/mol. The maximum absolute atomic E-state index is 6.08. The fourth-order valence-electron chi connectivity index (χ4n) is 3.26. The molecule has 3 nitrogen and oxygen atoms in total. The van der Waals surface area contributed by atoms with Crippen molar-refractivity contribution in [2.45, 2.75) is 50.8 Å². The topological polar surface area (TPSA) is 34.2 Å². The Hall–Kier alpha value is -0.580. The molecular weight excluding hydrogens is 268 g/mol. The van der Waals surface area contributed by atoms with Crippen LogP contribution in [0.1, 0.15) is 37.4 Å². The summed E-state index contributed by atoms with van der Waals surface area (Å²) in [7, 11) is 0. The smallest absolute Gasteiger partial charge is 0.0795 e. The van der Waals surface area contributed by atoms with E-state index in [2.05, 4.69) is 23.3 Å². The first-order chi connectivity index (χ1) is 9.81. The number of thioether (sulfide) groups is 1. The van der Waals surface area contributed by atoms with E-state index in [0.717, 1.165) is 32.4 Å². The lowest BCUT2D eigenvalue weighted by Crippen LogP contribution is -2.47. The van der Waals surface area contributed by atoms with Crippen molar-refractivity contribution in [1.82, 2.24) is 10.3 Å². The normalized spacial score (nSPS) is 29.9. The summed E-state index contributed by atoms with van der Waals surface area (Å²) in [6.07, 6.45) is 6.46. The summed E-state index contributed by atoms with van der Waals surface area (Å²) in [4.78, 5) is 4.53. The maximum atomic E-state index is 6.08. The summed E-state index contributed by atoms with van der Waals surface area (Å²) >= 11 is 2.04. The van der Waals surface area contributed by atoms with Gasteiger partial charge < -0.3 is 10.1 Å². The fourth-order valence-corrected chi connectivity index (χ4v) is 4.64. The minimum absolute atomic E-state index is 0.165. The number of nitrogens with one attached hydrogen (secondary N) is 1. The van der Waals surface area contributed by atoms with Crippen LogP contribution in [0.5, 0.6) is 0 Å². The number of ether oxygens (including phenoxy) is 1. The zero-order valence-corrected chi connectivity index (χ0v) is 13.0. The predicted octanol–water partition coefficient (Wildman–Crippen LogP) is 2.79. The van der Waals surface area contributed by atoms with Gasteiger partial charge in [-0.1, -0.05) is 13.0 Å². The average Bonchev–Trinajstić information content (AvgIpc) is 2.93. The number of aryl methyl sites for hydroxylation is 1. The van der Waals surface area contributed by atoms with Gasteiger partial charge in [0.25, 0.3) is 0 Å². The van der Waals surface area contributed by atoms with Crippen LogP contribution in [0.15, 0.2) is 18.3 Å². The van der Waals surface area contributed by atoms with Gasteiger partial charge >= 0.3 is 0 Å². The van der Waals surface area contributed by atoms with Gasteiger partial charge in [-0.05, 0) is 43.1 Å². The zero-order valence-electron chi connectivity index (χ0n) is 12.2. The second-order valence-corrected chi connectivity index (χ2v) is 6.97. The van der Waals surface area contributed by atoms with Crippen molar-refractivity contribution in [3.8, 4) is 0 Å². The summed E-state index contributed by atoms with van der Waals surface area (Å²) < 4.78 is 6.08. The maximum Gasteiger partial charge on any atom is 0.0795 e. The van der Waals surface area contributed by atoms with Crippen LogP contribution in [-0.2, 0) is 17.7 Å². The van der Waals surface area contributed by atoms with E-state index >= 15 is 0 Å². The summed E-state index contributed by atoms with van der Waals surface area (Å²) in [5, 5.41) is 3.71. The predicted molar refractivity (Wildman–Crippen MR) is 84.1 cm³/mol. The molecular formula is C16H24N2OS. The van der Waals surface area contributed by atoms with Crippen molar-refractivity contribution in [3.63, 3.8) is 0 Å². The number of pyridine rings is 1. The van der Waals surface area contributed by atoms with Crippen molar-refractivity contribution in [2.75, 3.05) is 18.1 Å². The summed E-state index contributed by atoms with van der Waals surface area (Å²) in [5.74, 6) is 2.43. The summed E-state index contributed by atoms with van der Waals surface area (Å²) in [6.45, 7) is 3.98. The molecule has 0 aromatic carbocycles. The van der Waals surface area contributed by atoms with Crippen molar-refractivity contribution in [3.05, 3.63) is 29.6 Å². The molecule has 2 unspecified atom stereocenters. The molecule has 110 valence electrons. The molecule has 0 amide bonds. The largest absolute Gasteiger partial charge is 0.374 e. The van der Waals surface area contributed by atoms with Crippen LogP contribution in [0.25, 0.3) is 0 Å². The van der Waals surface area contributed by atoms with Gasteiger partial charge in [0.15, 0.2) is 0 Å². The van der Waals surface area contributed by atoms with Crippen LogP contribution in [0, 0.1) is 0 Å². The monoisotopic (exact) mass is 292 g/mol. The quantitative estimate of drug-likeness (QED) is 0.925. The van der Waals surface area contributed by atoms with E-state index in [1.807, 2.05) is 24.0 Å². The number of hydrogen-bond acceptors (Lipinski definition) is 4. The van der Waals surface area contributed by atoms with E-state index in [4.69, 9.17) is 4.74 Å². The molecule has 2 fully saturated rings. The second-order valence-electron chi connectivity index (χ2n) is 5.87. The molecule has 0 radical (unpaired) electrons. The highest BCUT2D eigenvalue weighted by Gasteiger charge is 2.40. The Morgan fingerprint density at radius 2 is 2.50 bits per heavy atom. The highest BCUT2D eigenvalue weighted by atomic mass is 32.2. The molecule has 1 aromatic rings. The number of hydrogen-bond donors (Lipinski definition) is 1. The van der Waals surface area contributed by atoms with Crippen molar-refractivity contribution >= 4 is 11.8 Å². The van der Waals surface area contributed by atoms with Crippen LogP contribution in [0.2, 0.25) is 0 Å². The number of aromatic nitrogens is 1. The standard InChI is InChI=1S/C16H24N2OS/c1-2-13-4-3-7-17-15(13)11-18-14-5-8-19-16(10-14)6-9-20-12-16/h3-4,7,14,18H,2,5-6,8-12H2,1H3. The van der Waals surface area contributed by atoms with Crippen LogP contribution in [-0.4, -0.2) is 34.7 Å². The Morgan fingerprint density at radius 1 is 1.55 bits per heavy atom. The van der Waals surface area contributed by atoms with Crippen molar-refractivity contribution in [2.24, 2.45) is 0 Å². The number of rotatable bonds is 4. The fraction of sp³-hybridized carbons (Fsp3) is 0.688. The van der Waals surface area contributed by atoms with E-state index < -0.39 is 0 Å². The minimum atomic E-state index is 0.165. The molecule has 1 aromatic heterocycles. The van der Waals surface area contributed by atoms with Crippen LogP contribution in [0.3, 0.4) is 0 Å². The molecule has 20 heavy (non-hydrogen) atoms. The lowest BCUT2D eigenvalue weighted by molar-refractivity contribution is -0.0703. The molecule has 1 spiro atoms. The van der Waals surface area contributed by atoms with Gasteiger partial charge in [0.1, 0.15) is 0 Å². The number of nitrogens with zero attached hydrogens (tertiary/aromatic N) is 1. The van der Waals surface area contributed by atoms with Gasteiger partial charge in [0.2, 0.25) is 0 Å². The van der Waals surface area contributed by atoms with Crippen LogP contribution < -0.4 is 5.32 Å². The molecule has 3 heterocycles. The SMILES string of the molecule is CCc1cccnc1CNC1CCOC2(CCSC2)C1. The molecule has 0 saturated carbocycles. The molecule has 2 atom stereocenters. The third-order valence-corrected chi connectivity index (χ3v) is 5.71. The first-order valence-corrected chi connectivity index (χ1v) is 8.85. The molecule has 2 aliphatic rings. The minimum Gasteiger partial charge on any atom is -0.374 e. The van der Waals surface area contributed by atoms with Crippen molar-refractivity contribution < 1.29 is 4.74 Å². The Kier molecular flexibility index (Phi) is 4.64. The van der Waals surface area contributed by atoms with Gasteiger partial charge in [-0.2, -0.15) is 11.8 Å². The second kappa shape index (κ2) is 6.46. The Labute approximate surface area is 125 Å². The molecule has 1 N–H and O–H groups in total. The van der Waals surface area contributed by atoms with Gasteiger partial charge in [-0.25, -0.2) is 0 Å². The summed E-state index contributed by atoms with van der Waals surface area (Å²) in [6, 6.07) is 4.79. The zero-order chi connectivity index (χ0) is 13.8. The molecule has 0 aliphatic carbocycles. The lowest BCUT2D eigenvalue weighted by atomic mass is 9.90. The molecule has 2 saturated heterocycles. The third-order valence-electron chi connectivity index (χ3n) is 4.48. The van der Waals surface area contributed by atoms with Crippen LogP contribution >= 0.6 is 11.8 Å². The Morgan fingerprint density at radius 3 is 3.30 bits per heavy atom. The first-order valence-electron chi connectivity index (χ1n) is 7.69. The molecule has 4 heteroatoms. The third kappa shape index (κ3) is 3.18. The molecule has 3 rings (SSSR count). The summed E-state index contributed by atoms with van der Waals surface area (Å²) in [5.41, 5.74) is 2.73. The Bertz CT molecular complexity index is 446. The van der Waals surface area contributed by atoms with E-state index in [0.29, 0.717) is 6.04 Å². The van der Waals surface area contributed by atoms with E-state index in [1.54, 1.807) is 0 Å². The lowest BCUT2D eigenvalue weighted by Gasteiger charge is -2.38. The van der Waals surface area contributed by atoms with Gasteiger partial charge in [0, 0.05) is 31.1 Å². The highest BCUT2D eigenvalue weighted by molar-refractivity contribution is 7.99. The highest BCUT2D eigenvalue weighted by Crippen LogP contribution is 2.38. The van der Waals surface area contributed by atoms with E-state index in [-0.39, 0.29) is 5.60 Å². The Balaban J connectivity index is 1.58. The molecule has 2 aliphatic heterocycles. The van der Waals surface area contributed by atoms with Crippen LogP contribution in [0.4, 0.5) is 0 Å². The van der Waals surface area contributed by atoms with Crippen molar-refractivity contribution in [1.29, 1.82) is 0 Å². The van der Waals surface area contributed by atoms with Gasteiger partial charge in [-0.15, -0.1) is 0 Å². The molecule has 0 bridgehead atoms.